The Labute approximate surface area is 139 Å². The van der Waals surface area contributed by atoms with Gasteiger partial charge in [-0.3, -0.25) is 4.79 Å². The minimum atomic E-state index is 0.183. The molecule has 126 valence electrons. The Balaban J connectivity index is 1.60. The van der Waals surface area contributed by atoms with E-state index in [1.807, 2.05) is 18.2 Å². The molecule has 1 aromatic carbocycles. The van der Waals surface area contributed by atoms with Crippen molar-refractivity contribution in [3.63, 3.8) is 0 Å². The van der Waals surface area contributed by atoms with E-state index in [0.29, 0.717) is 6.42 Å². The maximum atomic E-state index is 12.7. The third-order valence-electron chi connectivity index (χ3n) is 5.52. The van der Waals surface area contributed by atoms with Crippen LogP contribution in [0, 0.1) is 11.8 Å². The van der Waals surface area contributed by atoms with E-state index in [-0.39, 0.29) is 11.8 Å². The average Bonchev–Trinajstić information content (AvgIpc) is 2.92. The second-order valence-corrected chi connectivity index (χ2v) is 6.98. The lowest BCUT2D eigenvalue weighted by Gasteiger charge is -2.23. The molecule has 0 saturated carbocycles. The lowest BCUT2D eigenvalue weighted by atomic mass is 9.92. The van der Waals surface area contributed by atoms with Crippen molar-refractivity contribution in [2.24, 2.45) is 11.8 Å². The summed E-state index contributed by atoms with van der Waals surface area (Å²) in [5.74, 6) is 2.88. The van der Waals surface area contributed by atoms with Gasteiger partial charge in [0, 0.05) is 19.5 Å². The van der Waals surface area contributed by atoms with Crippen LogP contribution in [0.4, 0.5) is 0 Å². The first-order chi connectivity index (χ1) is 11.2. The third-order valence-corrected chi connectivity index (χ3v) is 5.52. The zero-order valence-corrected chi connectivity index (χ0v) is 14.3. The van der Waals surface area contributed by atoms with Gasteiger partial charge >= 0.3 is 0 Å². The molecule has 0 spiro atoms. The van der Waals surface area contributed by atoms with Crippen molar-refractivity contribution in [2.75, 3.05) is 33.3 Å². The van der Waals surface area contributed by atoms with Crippen LogP contribution in [0.5, 0.6) is 5.75 Å². The van der Waals surface area contributed by atoms with Crippen LogP contribution in [0.25, 0.3) is 0 Å². The summed E-state index contributed by atoms with van der Waals surface area (Å²) in [6.07, 6.45) is 2.85. The van der Waals surface area contributed by atoms with E-state index in [0.717, 1.165) is 62.2 Å². The number of methoxy groups -OCH3 is 1. The van der Waals surface area contributed by atoms with Crippen LogP contribution in [0.1, 0.15) is 37.7 Å². The molecular weight excluding hydrogens is 288 g/mol. The lowest BCUT2D eigenvalue weighted by molar-refractivity contribution is -0.131. The average molecular weight is 316 g/mol. The van der Waals surface area contributed by atoms with Gasteiger partial charge in [0.15, 0.2) is 0 Å². The molecule has 0 radical (unpaired) electrons. The first kappa shape index (κ1) is 16.3. The number of para-hydroxylation sites is 1. The molecule has 2 saturated heterocycles. The minimum absolute atomic E-state index is 0.183. The Kier molecular flexibility index (Phi) is 5.21. The lowest BCUT2D eigenvalue weighted by Crippen LogP contribution is -2.33. The third kappa shape index (κ3) is 3.69. The van der Waals surface area contributed by atoms with Crippen molar-refractivity contribution in [3.8, 4) is 5.75 Å². The highest BCUT2D eigenvalue weighted by atomic mass is 16.5. The summed E-state index contributed by atoms with van der Waals surface area (Å²) in [5.41, 5.74) is 1.12. The molecule has 3 atom stereocenters. The van der Waals surface area contributed by atoms with Crippen LogP contribution in [-0.4, -0.2) is 44.1 Å². The van der Waals surface area contributed by atoms with Gasteiger partial charge in [-0.1, -0.05) is 25.1 Å². The summed E-state index contributed by atoms with van der Waals surface area (Å²) in [6.45, 7) is 6.21. The summed E-state index contributed by atoms with van der Waals surface area (Å²) in [6, 6.07) is 8.02. The number of nitrogens with zero attached hydrogens (tertiary/aromatic N) is 1. The molecule has 0 bridgehead atoms. The van der Waals surface area contributed by atoms with Crippen LogP contribution in [0.2, 0.25) is 0 Å². The van der Waals surface area contributed by atoms with Crippen molar-refractivity contribution in [1.82, 2.24) is 10.2 Å². The fourth-order valence-electron chi connectivity index (χ4n) is 4.04. The summed E-state index contributed by atoms with van der Waals surface area (Å²) >= 11 is 0. The van der Waals surface area contributed by atoms with Crippen LogP contribution in [0.15, 0.2) is 24.3 Å². The molecule has 4 nitrogen and oxygen atoms in total. The van der Waals surface area contributed by atoms with E-state index in [2.05, 4.69) is 23.2 Å². The van der Waals surface area contributed by atoms with E-state index < -0.39 is 0 Å². The highest BCUT2D eigenvalue weighted by molar-refractivity contribution is 5.77. The molecule has 2 aliphatic rings. The van der Waals surface area contributed by atoms with Gasteiger partial charge in [0.25, 0.3) is 0 Å². The molecule has 1 aromatic rings. The number of likely N-dealkylation sites (tertiary alicyclic amines) is 1. The Morgan fingerprint density at radius 3 is 2.57 bits per heavy atom. The van der Waals surface area contributed by atoms with Crippen LogP contribution in [0.3, 0.4) is 0 Å². The van der Waals surface area contributed by atoms with Crippen molar-refractivity contribution < 1.29 is 9.53 Å². The first-order valence-corrected chi connectivity index (χ1v) is 8.80. The molecule has 2 aliphatic heterocycles. The fourth-order valence-corrected chi connectivity index (χ4v) is 4.04. The number of ether oxygens (including phenoxy) is 1. The molecule has 2 fully saturated rings. The van der Waals surface area contributed by atoms with Gasteiger partial charge in [-0.2, -0.15) is 0 Å². The molecule has 1 N–H and O–H groups in total. The number of nitrogens with one attached hydrogen (secondary N) is 1. The number of benzene rings is 1. The van der Waals surface area contributed by atoms with E-state index >= 15 is 0 Å². The second-order valence-electron chi connectivity index (χ2n) is 6.98. The molecule has 23 heavy (non-hydrogen) atoms. The van der Waals surface area contributed by atoms with E-state index in [1.165, 1.54) is 0 Å². The van der Waals surface area contributed by atoms with Crippen molar-refractivity contribution in [2.45, 2.75) is 32.1 Å². The molecule has 3 rings (SSSR count). The number of rotatable bonds is 4. The summed E-state index contributed by atoms with van der Waals surface area (Å²) in [5, 5.41) is 3.49. The van der Waals surface area contributed by atoms with E-state index in [9.17, 15) is 4.79 Å². The quantitative estimate of drug-likeness (QED) is 0.928. The zero-order valence-electron chi connectivity index (χ0n) is 14.3. The predicted molar refractivity (Wildman–Crippen MR) is 91.7 cm³/mol. The summed E-state index contributed by atoms with van der Waals surface area (Å²) < 4.78 is 5.43. The number of carbonyl (C=O) groups is 1. The topological polar surface area (TPSA) is 41.6 Å². The highest BCUT2D eigenvalue weighted by Gasteiger charge is 2.31. The molecule has 1 unspecified atom stereocenters. The van der Waals surface area contributed by atoms with Gasteiger partial charge in [-0.15, -0.1) is 0 Å². The first-order valence-electron chi connectivity index (χ1n) is 8.80. The minimum Gasteiger partial charge on any atom is -0.496 e. The van der Waals surface area contributed by atoms with Gasteiger partial charge in [0.05, 0.1) is 7.11 Å². The number of fused-ring (bicyclic) bond motifs is 1. The SMILES string of the molecule is COc1ccccc1C(C)CC(=O)N1CC[C@@H]2CNC[C@@H]2CC1. The van der Waals surface area contributed by atoms with Crippen LogP contribution >= 0.6 is 0 Å². The molecular formula is C19H28N2O2. The molecule has 0 aromatic heterocycles. The molecule has 0 aliphatic carbocycles. The molecule has 1 amide bonds. The Morgan fingerprint density at radius 1 is 1.26 bits per heavy atom. The van der Waals surface area contributed by atoms with Gasteiger partial charge in [-0.05, 0) is 55.3 Å². The van der Waals surface area contributed by atoms with Gasteiger partial charge in [0.1, 0.15) is 5.75 Å². The smallest absolute Gasteiger partial charge is 0.223 e. The van der Waals surface area contributed by atoms with Crippen LogP contribution in [-0.2, 0) is 4.79 Å². The summed E-state index contributed by atoms with van der Waals surface area (Å²) in [7, 11) is 1.69. The number of carbonyl (C=O) groups excluding carboxylic acids is 1. The monoisotopic (exact) mass is 316 g/mol. The normalized spacial score (nSPS) is 25.6. The van der Waals surface area contributed by atoms with Crippen LogP contribution < -0.4 is 10.1 Å². The standard InChI is InChI=1S/C19H28N2O2/c1-14(17-5-3-4-6-18(17)23-2)11-19(22)21-9-7-15-12-20-13-16(15)8-10-21/h3-6,14-16,20H,7-13H2,1-2H3/t14?,15-,16+. The number of amides is 1. The summed E-state index contributed by atoms with van der Waals surface area (Å²) in [4.78, 5) is 14.8. The molecule has 2 heterocycles. The van der Waals surface area contributed by atoms with Crippen molar-refractivity contribution >= 4 is 5.91 Å². The highest BCUT2D eigenvalue weighted by Crippen LogP contribution is 2.31. The maximum Gasteiger partial charge on any atom is 0.223 e. The predicted octanol–water partition coefficient (Wildman–Crippen LogP) is 2.65. The largest absolute Gasteiger partial charge is 0.496 e. The Hall–Kier alpha value is -1.55. The number of hydrogen-bond donors (Lipinski definition) is 1. The van der Waals surface area contributed by atoms with Crippen molar-refractivity contribution in [1.29, 1.82) is 0 Å². The zero-order chi connectivity index (χ0) is 16.2. The van der Waals surface area contributed by atoms with Gasteiger partial charge in [0.2, 0.25) is 5.91 Å². The fraction of sp³-hybridized carbons (Fsp3) is 0.632. The second kappa shape index (κ2) is 7.35. The Bertz CT molecular complexity index is 532. The van der Waals surface area contributed by atoms with Crippen molar-refractivity contribution in [3.05, 3.63) is 29.8 Å². The molecule has 4 heteroatoms. The maximum absolute atomic E-state index is 12.7. The van der Waals surface area contributed by atoms with E-state index in [1.54, 1.807) is 7.11 Å². The Morgan fingerprint density at radius 2 is 1.91 bits per heavy atom. The number of hydrogen-bond acceptors (Lipinski definition) is 3. The van der Waals surface area contributed by atoms with E-state index in [4.69, 9.17) is 4.74 Å². The van der Waals surface area contributed by atoms with Gasteiger partial charge < -0.3 is 15.0 Å². The van der Waals surface area contributed by atoms with Gasteiger partial charge in [-0.25, -0.2) is 0 Å².